The molecular weight excluding hydrogens is 316 g/mol. The van der Waals surface area contributed by atoms with E-state index >= 15 is 0 Å². The Morgan fingerprint density at radius 3 is 2.52 bits per heavy atom. The van der Waals surface area contributed by atoms with E-state index in [1.54, 1.807) is 19.1 Å². The number of hydrogen-bond donors (Lipinski definition) is 2. The zero-order chi connectivity index (χ0) is 18.0. The van der Waals surface area contributed by atoms with Crippen LogP contribution in [0.5, 0.6) is 5.75 Å². The van der Waals surface area contributed by atoms with Gasteiger partial charge in [0.15, 0.2) is 0 Å². The van der Waals surface area contributed by atoms with E-state index in [2.05, 4.69) is 0 Å². The molecule has 4 heteroatoms. The molecule has 130 valence electrons. The van der Waals surface area contributed by atoms with E-state index in [-0.39, 0.29) is 11.7 Å². The van der Waals surface area contributed by atoms with Crippen molar-refractivity contribution in [3.05, 3.63) is 53.6 Å². The van der Waals surface area contributed by atoms with Crippen LogP contribution in [0.3, 0.4) is 0 Å². The van der Waals surface area contributed by atoms with Gasteiger partial charge in [0.25, 0.3) is 0 Å². The largest absolute Gasteiger partial charge is 0.508 e. The summed E-state index contributed by atoms with van der Waals surface area (Å²) in [6.45, 7) is 1.67. The molecule has 2 aromatic rings. The molecule has 3 rings (SSSR count). The van der Waals surface area contributed by atoms with Gasteiger partial charge in [0, 0.05) is 12.3 Å². The van der Waals surface area contributed by atoms with E-state index in [0.29, 0.717) is 18.6 Å². The van der Waals surface area contributed by atoms with Gasteiger partial charge in [0.05, 0.1) is 5.92 Å². The van der Waals surface area contributed by atoms with Gasteiger partial charge in [-0.3, -0.25) is 9.59 Å². The van der Waals surface area contributed by atoms with Crippen LogP contribution < -0.4 is 0 Å². The maximum atomic E-state index is 12.0. The summed E-state index contributed by atoms with van der Waals surface area (Å²) in [5, 5.41) is 18.8. The van der Waals surface area contributed by atoms with Crippen molar-refractivity contribution < 1.29 is 19.8 Å². The van der Waals surface area contributed by atoms with Crippen molar-refractivity contribution in [2.45, 2.75) is 38.5 Å². The van der Waals surface area contributed by atoms with Crippen LogP contribution in [0.4, 0.5) is 0 Å². The number of ketones is 1. The lowest BCUT2D eigenvalue weighted by atomic mass is 9.88. The van der Waals surface area contributed by atoms with Crippen LogP contribution in [0, 0.1) is 5.92 Å². The van der Waals surface area contributed by atoms with Gasteiger partial charge in [0.2, 0.25) is 0 Å². The predicted octanol–water partition coefficient (Wildman–Crippen LogP) is 4.16. The number of hydrogen-bond acceptors (Lipinski definition) is 3. The number of Topliss-reactive ketones (excluding diaryl/α,β-unsaturated/α-hetero) is 1. The molecule has 25 heavy (non-hydrogen) atoms. The average molecular weight is 338 g/mol. The summed E-state index contributed by atoms with van der Waals surface area (Å²) in [4.78, 5) is 23.3. The molecule has 1 saturated carbocycles. The number of carboxylic acids is 1. The maximum Gasteiger partial charge on any atom is 0.310 e. The highest BCUT2D eigenvalue weighted by Crippen LogP contribution is 2.33. The van der Waals surface area contributed by atoms with E-state index in [0.717, 1.165) is 35.1 Å². The molecule has 0 aromatic heterocycles. The van der Waals surface area contributed by atoms with Gasteiger partial charge in [-0.25, -0.2) is 0 Å². The first kappa shape index (κ1) is 17.2. The molecule has 0 bridgehead atoms. The second-order valence-corrected chi connectivity index (χ2v) is 6.78. The first-order valence-electron chi connectivity index (χ1n) is 8.63. The van der Waals surface area contributed by atoms with Crippen LogP contribution in [0.2, 0.25) is 0 Å². The van der Waals surface area contributed by atoms with E-state index in [1.807, 2.05) is 30.3 Å². The number of carbonyl (C=O) groups is 2. The van der Waals surface area contributed by atoms with Gasteiger partial charge in [-0.2, -0.15) is 0 Å². The van der Waals surface area contributed by atoms with Crippen LogP contribution in [-0.2, 0) is 16.0 Å². The Morgan fingerprint density at radius 2 is 1.92 bits per heavy atom. The van der Waals surface area contributed by atoms with Crippen molar-refractivity contribution in [2.75, 3.05) is 0 Å². The molecule has 2 N–H and O–H groups in total. The SMILES string of the molecule is CC(C(=O)O)c1ccc(CC2CCCC2=O)c(-c2ccc(O)cc2)c1. The number of benzene rings is 2. The summed E-state index contributed by atoms with van der Waals surface area (Å²) in [5.74, 6) is -0.905. The molecule has 2 atom stereocenters. The quantitative estimate of drug-likeness (QED) is 0.858. The smallest absolute Gasteiger partial charge is 0.310 e. The van der Waals surface area contributed by atoms with E-state index in [1.165, 1.54) is 0 Å². The Hall–Kier alpha value is -2.62. The number of aromatic hydroxyl groups is 1. The fraction of sp³-hybridized carbons (Fsp3) is 0.333. The van der Waals surface area contributed by atoms with Gasteiger partial charge in [-0.1, -0.05) is 30.3 Å². The summed E-state index contributed by atoms with van der Waals surface area (Å²) in [6, 6.07) is 12.6. The summed E-state index contributed by atoms with van der Waals surface area (Å²) in [7, 11) is 0. The zero-order valence-electron chi connectivity index (χ0n) is 14.2. The molecule has 4 nitrogen and oxygen atoms in total. The molecule has 0 aliphatic heterocycles. The third kappa shape index (κ3) is 3.73. The Balaban J connectivity index is 2.02. The van der Waals surface area contributed by atoms with Crippen LogP contribution in [-0.4, -0.2) is 22.0 Å². The van der Waals surface area contributed by atoms with Crippen molar-refractivity contribution in [2.24, 2.45) is 5.92 Å². The van der Waals surface area contributed by atoms with Crippen molar-refractivity contribution in [1.82, 2.24) is 0 Å². The summed E-state index contributed by atoms with van der Waals surface area (Å²) >= 11 is 0. The molecule has 0 saturated heterocycles. The Labute approximate surface area is 147 Å². The number of carboxylic acid groups (broad SMARTS) is 1. The lowest BCUT2D eigenvalue weighted by molar-refractivity contribution is -0.138. The fourth-order valence-electron chi connectivity index (χ4n) is 3.46. The first-order valence-corrected chi connectivity index (χ1v) is 8.63. The second kappa shape index (κ2) is 7.09. The van der Waals surface area contributed by atoms with E-state index < -0.39 is 11.9 Å². The molecular formula is C21H22O4. The Kier molecular flexibility index (Phi) is 4.88. The molecule has 1 aliphatic rings. The highest BCUT2D eigenvalue weighted by atomic mass is 16.4. The van der Waals surface area contributed by atoms with E-state index in [9.17, 15) is 19.8 Å². The summed E-state index contributed by atoms with van der Waals surface area (Å²) in [5.41, 5.74) is 3.63. The molecule has 2 aromatic carbocycles. The van der Waals surface area contributed by atoms with Gasteiger partial charge in [-0.05, 0) is 60.6 Å². The lowest BCUT2D eigenvalue weighted by Crippen LogP contribution is -2.11. The standard InChI is InChI=1S/C21H22O4/c1-13(21(24)25)15-5-6-16(11-17-3-2-4-20(17)23)19(12-15)14-7-9-18(22)10-8-14/h5-10,12-13,17,22H,2-4,11H2,1H3,(H,24,25). The molecule has 1 fully saturated rings. The zero-order valence-corrected chi connectivity index (χ0v) is 14.2. The molecule has 0 amide bonds. The minimum Gasteiger partial charge on any atom is -0.508 e. The van der Waals surface area contributed by atoms with Crippen LogP contribution in [0.25, 0.3) is 11.1 Å². The minimum atomic E-state index is -0.865. The third-order valence-electron chi connectivity index (χ3n) is 5.08. The second-order valence-electron chi connectivity index (χ2n) is 6.78. The Morgan fingerprint density at radius 1 is 1.20 bits per heavy atom. The molecule has 0 radical (unpaired) electrons. The van der Waals surface area contributed by atoms with Crippen LogP contribution in [0.1, 0.15) is 43.2 Å². The lowest BCUT2D eigenvalue weighted by Gasteiger charge is -2.16. The summed E-state index contributed by atoms with van der Waals surface area (Å²) < 4.78 is 0. The predicted molar refractivity (Wildman–Crippen MR) is 95.6 cm³/mol. The highest BCUT2D eigenvalue weighted by Gasteiger charge is 2.26. The van der Waals surface area contributed by atoms with Gasteiger partial charge in [-0.15, -0.1) is 0 Å². The highest BCUT2D eigenvalue weighted by molar-refractivity contribution is 5.84. The Bertz CT molecular complexity index is 792. The molecule has 2 unspecified atom stereocenters. The van der Waals surface area contributed by atoms with Gasteiger partial charge >= 0.3 is 5.97 Å². The van der Waals surface area contributed by atoms with Crippen LogP contribution >= 0.6 is 0 Å². The van der Waals surface area contributed by atoms with Crippen molar-refractivity contribution in [3.8, 4) is 16.9 Å². The minimum absolute atomic E-state index is 0.0543. The van der Waals surface area contributed by atoms with Gasteiger partial charge < -0.3 is 10.2 Å². The number of carbonyl (C=O) groups excluding carboxylic acids is 1. The average Bonchev–Trinajstić information content (AvgIpc) is 3.00. The molecule has 0 heterocycles. The van der Waals surface area contributed by atoms with Crippen molar-refractivity contribution in [3.63, 3.8) is 0 Å². The molecule has 0 spiro atoms. The van der Waals surface area contributed by atoms with E-state index in [4.69, 9.17) is 0 Å². The normalized spacial score (nSPS) is 18.3. The number of phenolic OH excluding ortho intramolecular Hbond substituents is 1. The first-order chi connectivity index (χ1) is 12.0. The number of aliphatic carboxylic acids is 1. The molecule has 1 aliphatic carbocycles. The van der Waals surface area contributed by atoms with Crippen molar-refractivity contribution >= 4 is 11.8 Å². The topological polar surface area (TPSA) is 74.6 Å². The third-order valence-corrected chi connectivity index (χ3v) is 5.08. The number of rotatable bonds is 5. The van der Waals surface area contributed by atoms with Crippen LogP contribution in [0.15, 0.2) is 42.5 Å². The number of phenols is 1. The van der Waals surface area contributed by atoms with Gasteiger partial charge in [0.1, 0.15) is 11.5 Å². The maximum absolute atomic E-state index is 12.0. The monoisotopic (exact) mass is 338 g/mol. The van der Waals surface area contributed by atoms with Crippen molar-refractivity contribution in [1.29, 1.82) is 0 Å². The summed E-state index contributed by atoms with van der Waals surface area (Å²) in [6.07, 6.45) is 3.21. The fourth-order valence-corrected chi connectivity index (χ4v) is 3.46.